The van der Waals surface area contributed by atoms with Crippen LogP contribution in [0.3, 0.4) is 0 Å². The van der Waals surface area contributed by atoms with Crippen LogP contribution in [0.15, 0.2) is 24.3 Å². The zero-order valence-corrected chi connectivity index (χ0v) is 19.4. The lowest BCUT2D eigenvalue weighted by atomic mass is 9.87. The lowest BCUT2D eigenvalue weighted by Crippen LogP contribution is -2.62. The van der Waals surface area contributed by atoms with Gasteiger partial charge >= 0.3 is 0 Å². The molecule has 1 atom stereocenters. The van der Waals surface area contributed by atoms with Crippen LogP contribution >= 0.6 is 0 Å². The predicted octanol–water partition coefficient (Wildman–Crippen LogP) is 3.06. The number of hydrogen-bond donors (Lipinski definition) is 1. The van der Waals surface area contributed by atoms with Crippen molar-refractivity contribution in [2.75, 3.05) is 59.5 Å². The Morgan fingerprint density at radius 3 is 2.37 bits per heavy atom. The maximum atomic E-state index is 5.28. The van der Waals surface area contributed by atoms with E-state index in [1.54, 1.807) is 7.11 Å². The second-order valence-corrected chi connectivity index (χ2v) is 10.1. The monoisotopic (exact) mass is 414 g/mol. The molecule has 1 unspecified atom stereocenters. The van der Waals surface area contributed by atoms with Crippen molar-refractivity contribution in [2.45, 2.75) is 57.7 Å². The van der Waals surface area contributed by atoms with Gasteiger partial charge in [-0.25, -0.2) is 0 Å². The van der Waals surface area contributed by atoms with Crippen molar-refractivity contribution < 1.29 is 4.74 Å². The second kappa shape index (κ2) is 9.99. The summed E-state index contributed by atoms with van der Waals surface area (Å²) in [5, 5.41) is 3.53. The minimum atomic E-state index is 0.415. The first-order chi connectivity index (χ1) is 14.6. The molecule has 0 aromatic heterocycles. The number of ether oxygens (including phenoxy) is 1. The van der Waals surface area contributed by atoms with Crippen molar-refractivity contribution in [3.63, 3.8) is 0 Å². The van der Waals surface area contributed by atoms with Gasteiger partial charge in [-0.15, -0.1) is 0 Å². The van der Waals surface area contributed by atoms with Gasteiger partial charge in [-0.3, -0.25) is 14.7 Å². The second-order valence-electron chi connectivity index (χ2n) is 10.1. The topological polar surface area (TPSA) is 31.0 Å². The molecule has 4 rings (SSSR count). The summed E-state index contributed by atoms with van der Waals surface area (Å²) in [6.45, 7) is 15.9. The molecule has 0 amide bonds. The van der Waals surface area contributed by atoms with Gasteiger partial charge in [0.15, 0.2) is 0 Å². The van der Waals surface area contributed by atoms with Gasteiger partial charge in [0, 0.05) is 44.3 Å². The van der Waals surface area contributed by atoms with Crippen LogP contribution in [0.2, 0.25) is 0 Å². The molecule has 1 aromatic carbocycles. The highest BCUT2D eigenvalue weighted by Gasteiger charge is 2.37. The third kappa shape index (κ3) is 5.37. The predicted molar refractivity (Wildman–Crippen MR) is 124 cm³/mol. The van der Waals surface area contributed by atoms with Crippen molar-refractivity contribution in [3.8, 4) is 5.75 Å². The van der Waals surface area contributed by atoms with Gasteiger partial charge in [-0.2, -0.15) is 0 Å². The van der Waals surface area contributed by atoms with E-state index in [2.05, 4.69) is 58.1 Å². The van der Waals surface area contributed by atoms with E-state index in [0.29, 0.717) is 11.6 Å². The molecule has 3 aliphatic rings. The highest BCUT2D eigenvalue weighted by molar-refractivity contribution is 5.27. The van der Waals surface area contributed by atoms with Crippen LogP contribution < -0.4 is 10.1 Å². The minimum absolute atomic E-state index is 0.415. The maximum Gasteiger partial charge on any atom is 0.118 e. The van der Waals surface area contributed by atoms with Gasteiger partial charge in [-0.05, 0) is 89.3 Å². The number of piperazine rings is 1. The fraction of sp³-hybridized carbons (Fsp3) is 0.760. The van der Waals surface area contributed by atoms with Crippen LogP contribution in [0.5, 0.6) is 5.75 Å². The highest BCUT2D eigenvalue weighted by atomic mass is 16.5. The smallest absolute Gasteiger partial charge is 0.118 e. The molecule has 168 valence electrons. The maximum absolute atomic E-state index is 5.28. The number of rotatable bonds is 6. The van der Waals surface area contributed by atoms with Crippen molar-refractivity contribution in [3.05, 3.63) is 29.8 Å². The average Bonchev–Trinajstić information content (AvgIpc) is 2.77. The van der Waals surface area contributed by atoms with Gasteiger partial charge in [-0.1, -0.05) is 12.1 Å². The Morgan fingerprint density at radius 2 is 1.73 bits per heavy atom. The van der Waals surface area contributed by atoms with E-state index in [1.807, 2.05) is 0 Å². The summed E-state index contributed by atoms with van der Waals surface area (Å²) in [5.74, 6) is 1.81. The molecule has 0 bridgehead atoms. The van der Waals surface area contributed by atoms with Crippen LogP contribution in [-0.2, 0) is 6.54 Å². The normalized spacial score (nSPS) is 27.2. The molecule has 0 spiro atoms. The van der Waals surface area contributed by atoms with E-state index in [0.717, 1.165) is 18.2 Å². The third-order valence-electron chi connectivity index (χ3n) is 7.97. The van der Waals surface area contributed by atoms with Gasteiger partial charge < -0.3 is 10.1 Å². The fourth-order valence-electron chi connectivity index (χ4n) is 5.69. The Labute approximate surface area is 183 Å². The molecule has 1 aromatic rings. The Hall–Kier alpha value is -1.14. The lowest BCUT2D eigenvalue weighted by molar-refractivity contribution is -0.0106. The Bertz CT molecular complexity index is 650. The van der Waals surface area contributed by atoms with E-state index >= 15 is 0 Å². The number of benzene rings is 1. The molecule has 30 heavy (non-hydrogen) atoms. The van der Waals surface area contributed by atoms with Gasteiger partial charge in [0.2, 0.25) is 0 Å². The Kier molecular flexibility index (Phi) is 7.35. The molecule has 0 saturated carbocycles. The summed E-state index contributed by atoms with van der Waals surface area (Å²) in [6.07, 6.45) is 5.28. The SMILES string of the molecule is COc1ccc(CN2CCC(CN3CCN(C4(C)CCNCC4)CC3C)CC2)cc1. The van der Waals surface area contributed by atoms with Crippen molar-refractivity contribution in [1.29, 1.82) is 0 Å². The van der Waals surface area contributed by atoms with Crippen LogP contribution in [0.4, 0.5) is 0 Å². The van der Waals surface area contributed by atoms with Crippen LogP contribution in [0.1, 0.15) is 45.1 Å². The summed E-state index contributed by atoms with van der Waals surface area (Å²) in [5.41, 5.74) is 1.81. The van der Waals surface area contributed by atoms with E-state index in [9.17, 15) is 0 Å². The zero-order chi connectivity index (χ0) is 21.0. The quantitative estimate of drug-likeness (QED) is 0.773. The summed E-state index contributed by atoms with van der Waals surface area (Å²) >= 11 is 0. The summed E-state index contributed by atoms with van der Waals surface area (Å²) in [6, 6.07) is 9.24. The molecule has 5 heteroatoms. The van der Waals surface area contributed by atoms with E-state index < -0.39 is 0 Å². The summed E-state index contributed by atoms with van der Waals surface area (Å²) in [7, 11) is 1.73. The fourth-order valence-corrected chi connectivity index (χ4v) is 5.69. The van der Waals surface area contributed by atoms with Crippen LogP contribution in [0, 0.1) is 5.92 Å². The molecule has 5 nitrogen and oxygen atoms in total. The number of piperidine rings is 2. The van der Waals surface area contributed by atoms with E-state index in [-0.39, 0.29) is 0 Å². The van der Waals surface area contributed by atoms with E-state index in [4.69, 9.17) is 4.74 Å². The summed E-state index contributed by atoms with van der Waals surface area (Å²) < 4.78 is 5.28. The van der Waals surface area contributed by atoms with E-state index in [1.165, 1.54) is 83.6 Å². The van der Waals surface area contributed by atoms with Crippen molar-refractivity contribution >= 4 is 0 Å². The Morgan fingerprint density at radius 1 is 1.03 bits per heavy atom. The van der Waals surface area contributed by atoms with Crippen molar-refractivity contribution in [1.82, 2.24) is 20.0 Å². The number of hydrogen-bond acceptors (Lipinski definition) is 5. The molecule has 0 aliphatic carbocycles. The standard InChI is InChI=1S/C25H42N4O/c1-21-18-29(25(2)10-12-26-13-11-25)17-16-28(21)20-23-8-14-27(15-9-23)19-22-4-6-24(30-3)7-5-22/h4-7,21,23,26H,8-20H2,1-3H3. The van der Waals surface area contributed by atoms with Gasteiger partial charge in [0.25, 0.3) is 0 Å². The molecule has 3 heterocycles. The molecular formula is C25H42N4O. The number of nitrogens with zero attached hydrogens (tertiary/aromatic N) is 3. The highest BCUT2D eigenvalue weighted by Crippen LogP contribution is 2.29. The molecule has 0 radical (unpaired) electrons. The third-order valence-corrected chi connectivity index (χ3v) is 7.97. The first kappa shape index (κ1) is 22.1. The van der Waals surface area contributed by atoms with Crippen LogP contribution in [0.25, 0.3) is 0 Å². The number of methoxy groups -OCH3 is 1. The number of nitrogens with one attached hydrogen (secondary N) is 1. The first-order valence-corrected chi connectivity index (χ1v) is 12.1. The first-order valence-electron chi connectivity index (χ1n) is 12.1. The molecule has 3 saturated heterocycles. The van der Waals surface area contributed by atoms with Crippen molar-refractivity contribution in [2.24, 2.45) is 5.92 Å². The van der Waals surface area contributed by atoms with Crippen LogP contribution in [-0.4, -0.2) is 85.7 Å². The molecule has 3 aliphatic heterocycles. The van der Waals surface area contributed by atoms with Gasteiger partial charge in [0.05, 0.1) is 7.11 Å². The average molecular weight is 415 g/mol. The summed E-state index contributed by atoms with van der Waals surface area (Å²) in [4.78, 5) is 8.20. The largest absolute Gasteiger partial charge is 0.497 e. The molecule has 1 N–H and O–H groups in total. The number of likely N-dealkylation sites (tertiary alicyclic amines) is 1. The molecule has 3 fully saturated rings. The Balaban J connectivity index is 1.20. The van der Waals surface area contributed by atoms with Gasteiger partial charge in [0.1, 0.15) is 5.75 Å². The minimum Gasteiger partial charge on any atom is -0.497 e. The zero-order valence-electron chi connectivity index (χ0n) is 19.4. The molecular weight excluding hydrogens is 372 g/mol. The lowest BCUT2D eigenvalue weighted by Gasteiger charge is -2.51.